The summed E-state index contributed by atoms with van der Waals surface area (Å²) in [5.41, 5.74) is 0.421. The average Bonchev–Trinajstić information content (AvgIpc) is 2.74. The third-order valence-corrected chi connectivity index (χ3v) is 4.53. The van der Waals surface area contributed by atoms with E-state index in [2.05, 4.69) is 0 Å². The Morgan fingerprint density at radius 1 is 0.867 bits per heavy atom. The Kier molecular flexibility index (Phi) is 8.15. The van der Waals surface area contributed by atoms with Crippen molar-refractivity contribution < 1.29 is 28.9 Å². The lowest BCUT2D eigenvalue weighted by Gasteiger charge is -2.30. The van der Waals surface area contributed by atoms with Gasteiger partial charge >= 0.3 is 11.9 Å². The van der Waals surface area contributed by atoms with E-state index in [1.807, 2.05) is 54.6 Å². The highest BCUT2D eigenvalue weighted by molar-refractivity contribution is 5.81. The fraction of sp³-hybridized carbons (Fsp3) is 0.417. The van der Waals surface area contributed by atoms with Crippen LogP contribution in [0.1, 0.15) is 33.3 Å². The summed E-state index contributed by atoms with van der Waals surface area (Å²) >= 11 is 0. The van der Waals surface area contributed by atoms with E-state index in [-0.39, 0.29) is 13.2 Å². The van der Waals surface area contributed by atoms with E-state index in [1.54, 1.807) is 27.7 Å². The molecule has 0 bridgehead atoms. The molecule has 0 aromatic heterocycles. The Bertz CT molecular complexity index is 823. The Morgan fingerprint density at radius 3 is 2.00 bits per heavy atom. The van der Waals surface area contributed by atoms with Crippen LogP contribution in [0.2, 0.25) is 0 Å². The van der Waals surface area contributed by atoms with Crippen molar-refractivity contribution in [1.82, 2.24) is 0 Å². The summed E-state index contributed by atoms with van der Waals surface area (Å²) in [5.74, 6) is -1.27. The van der Waals surface area contributed by atoms with Gasteiger partial charge in [-0.25, -0.2) is 4.79 Å². The smallest absolute Gasteiger partial charge is 0.344 e. The van der Waals surface area contributed by atoms with Gasteiger partial charge in [0.1, 0.15) is 6.61 Å². The molecule has 0 heterocycles. The quantitative estimate of drug-likeness (QED) is 0.629. The lowest BCUT2D eigenvalue weighted by molar-refractivity contribution is -0.194. The second kappa shape index (κ2) is 10.4. The van der Waals surface area contributed by atoms with Crippen LogP contribution in [0.3, 0.4) is 0 Å². The number of ether oxygens (including phenoxy) is 3. The SMILES string of the molecule is CCOC(=O)C(CO)(COC(=O)C(C)(C)C)OCc1ccc(-c2ccccc2)cc1. The zero-order chi connectivity index (χ0) is 22.2. The van der Waals surface area contributed by atoms with Crippen molar-refractivity contribution in [3.05, 3.63) is 60.2 Å². The van der Waals surface area contributed by atoms with E-state index in [4.69, 9.17) is 14.2 Å². The highest BCUT2D eigenvalue weighted by Crippen LogP contribution is 2.23. The highest BCUT2D eigenvalue weighted by Gasteiger charge is 2.43. The van der Waals surface area contributed by atoms with Crippen molar-refractivity contribution in [2.75, 3.05) is 19.8 Å². The second-order valence-corrected chi connectivity index (χ2v) is 8.05. The molecule has 6 heteroatoms. The van der Waals surface area contributed by atoms with Crippen molar-refractivity contribution in [2.24, 2.45) is 5.41 Å². The topological polar surface area (TPSA) is 82.1 Å². The number of aliphatic hydroxyl groups is 1. The van der Waals surface area contributed by atoms with Crippen molar-refractivity contribution in [2.45, 2.75) is 39.9 Å². The lowest BCUT2D eigenvalue weighted by Crippen LogP contribution is -2.51. The van der Waals surface area contributed by atoms with Gasteiger partial charge in [0, 0.05) is 0 Å². The first-order valence-corrected chi connectivity index (χ1v) is 9.95. The standard InChI is InChI=1S/C24H30O6/c1-5-28-22(27)24(16-25,17-29-21(26)23(2,3)4)30-15-18-11-13-20(14-12-18)19-9-7-6-8-10-19/h6-14,25H,5,15-17H2,1-4H3. The molecule has 0 saturated heterocycles. The van der Waals surface area contributed by atoms with Crippen molar-refractivity contribution in [3.8, 4) is 11.1 Å². The van der Waals surface area contributed by atoms with Crippen LogP contribution < -0.4 is 0 Å². The monoisotopic (exact) mass is 414 g/mol. The Balaban J connectivity index is 2.13. The lowest BCUT2D eigenvalue weighted by atomic mass is 9.97. The van der Waals surface area contributed by atoms with Gasteiger partial charge in [0.2, 0.25) is 5.60 Å². The van der Waals surface area contributed by atoms with Gasteiger partial charge in [0.15, 0.2) is 0 Å². The van der Waals surface area contributed by atoms with Crippen LogP contribution in [0.5, 0.6) is 0 Å². The number of carbonyl (C=O) groups excluding carboxylic acids is 2. The van der Waals surface area contributed by atoms with Crippen molar-refractivity contribution in [3.63, 3.8) is 0 Å². The molecule has 30 heavy (non-hydrogen) atoms. The summed E-state index contributed by atoms with van der Waals surface area (Å²) < 4.78 is 16.1. The van der Waals surface area contributed by atoms with Crippen LogP contribution >= 0.6 is 0 Å². The van der Waals surface area contributed by atoms with Gasteiger partial charge in [0.25, 0.3) is 0 Å². The van der Waals surface area contributed by atoms with Crippen LogP contribution in [0.25, 0.3) is 11.1 Å². The Labute approximate surface area is 177 Å². The van der Waals surface area contributed by atoms with E-state index < -0.39 is 36.2 Å². The average molecular weight is 414 g/mol. The number of carbonyl (C=O) groups is 2. The van der Waals surface area contributed by atoms with Crippen molar-refractivity contribution in [1.29, 1.82) is 0 Å². The van der Waals surface area contributed by atoms with Crippen LogP contribution in [-0.4, -0.2) is 42.5 Å². The molecule has 1 atom stereocenters. The predicted molar refractivity (Wildman–Crippen MR) is 114 cm³/mol. The maximum atomic E-state index is 12.5. The van der Waals surface area contributed by atoms with Crippen molar-refractivity contribution >= 4 is 11.9 Å². The third-order valence-electron chi connectivity index (χ3n) is 4.53. The van der Waals surface area contributed by atoms with Crippen LogP contribution in [0.4, 0.5) is 0 Å². The molecule has 2 rings (SSSR count). The fourth-order valence-electron chi connectivity index (χ4n) is 2.62. The first-order chi connectivity index (χ1) is 14.2. The van der Waals surface area contributed by atoms with Gasteiger partial charge in [-0.15, -0.1) is 0 Å². The Morgan fingerprint density at radius 2 is 1.47 bits per heavy atom. The summed E-state index contributed by atoms with van der Waals surface area (Å²) in [4.78, 5) is 24.7. The summed E-state index contributed by atoms with van der Waals surface area (Å²) in [7, 11) is 0. The molecule has 0 aliphatic rings. The first-order valence-electron chi connectivity index (χ1n) is 9.95. The molecule has 2 aromatic carbocycles. The van der Waals surface area contributed by atoms with E-state index in [0.717, 1.165) is 16.7 Å². The molecule has 0 radical (unpaired) electrons. The molecule has 1 unspecified atom stereocenters. The Hall–Kier alpha value is -2.70. The first kappa shape index (κ1) is 23.6. The number of aliphatic hydroxyl groups excluding tert-OH is 1. The van der Waals surface area contributed by atoms with E-state index in [9.17, 15) is 14.7 Å². The fourth-order valence-corrected chi connectivity index (χ4v) is 2.62. The van der Waals surface area contributed by atoms with Gasteiger partial charge in [-0.05, 0) is 44.4 Å². The number of benzene rings is 2. The second-order valence-electron chi connectivity index (χ2n) is 8.05. The molecule has 162 valence electrons. The molecule has 0 aliphatic carbocycles. The van der Waals surface area contributed by atoms with Gasteiger partial charge in [-0.1, -0.05) is 54.6 Å². The number of rotatable bonds is 9. The summed E-state index contributed by atoms with van der Waals surface area (Å²) in [5, 5.41) is 9.94. The van der Waals surface area contributed by atoms with Gasteiger partial charge < -0.3 is 19.3 Å². The van der Waals surface area contributed by atoms with Crippen LogP contribution in [0.15, 0.2) is 54.6 Å². The van der Waals surface area contributed by atoms with Gasteiger partial charge in [0.05, 0.1) is 25.2 Å². The zero-order valence-corrected chi connectivity index (χ0v) is 18.0. The summed E-state index contributed by atoms with van der Waals surface area (Å²) in [6, 6.07) is 17.6. The van der Waals surface area contributed by atoms with Gasteiger partial charge in [-0.2, -0.15) is 0 Å². The molecule has 0 fully saturated rings. The third kappa shape index (κ3) is 6.15. The summed E-state index contributed by atoms with van der Waals surface area (Å²) in [6.45, 7) is 5.82. The van der Waals surface area contributed by atoms with E-state index in [0.29, 0.717) is 0 Å². The molecule has 6 nitrogen and oxygen atoms in total. The molecular weight excluding hydrogens is 384 g/mol. The van der Waals surface area contributed by atoms with Gasteiger partial charge in [-0.3, -0.25) is 4.79 Å². The van der Waals surface area contributed by atoms with E-state index >= 15 is 0 Å². The predicted octanol–water partition coefficient (Wildman–Crippen LogP) is 3.75. The molecule has 0 aliphatic heterocycles. The molecule has 0 spiro atoms. The summed E-state index contributed by atoms with van der Waals surface area (Å²) in [6.07, 6.45) is 0. The molecule has 0 amide bonds. The number of esters is 2. The minimum Gasteiger partial charge on any atom is -0.464 e. The number of hydrogen-bond acceptors (Lipinski definition) is 6. The van der Waals surface area contributed by atoms with Crippen LogP contribution in [0, 0.1) is 5.41 Å². The zero-order valence-electron chi connectivity index (χ0n) is 18.0. The maximum Gasteiger partial charge on any atom is 0.344 e. The largest absolute Gasteiger partial charge is 0.464 e. The van der Waals surface area contributed by atoms with Crippen LogP contribution in [-0.2, 0) is 30.4 Å². The molecule has 2 aromatic rings. The highest BCUT2D eigenvalue weighted by atomic mass is 16.6. The molecule has 1 N–H and O–H groups in total. The minimum absolute atomic E-state index is 0.0432. The number of hydrogen-bond donors (Lipinski definition) is 1. The molecule has 0 saturated carbocycles. The maximum absolute atomic E-state index is 12.5. The normalized spacial score (nSPS) is 13.4. The molecular formula is C24H30O6. The minimum atomic E-state index is -1.78. The van der Waals surface area contributed by atoms with E-state index in [1.165, 1.54) is 0 Å².